The van der Waals surface area contributed by atoms with E-state index < -0.39 is 0 Å². The summed E-state index contributed by atoms with van der Waals surface area (Å²) in [4.78, 5) is 0. The summed E-state index contributed by atoms with van der Waals surface area (Å²) in [6.07, 6.45) is 5.44. The van der Waals surface area contributed by atoms with Gasteiger partial charge in [-0.25, -0.2) is 0 Å². The third-order valence-electron chi connectivity index (χ3n) is 0. The molecule has 0 N–H and O–H groups in total. The van der Waals surface area contributed by atoms with Crippen LogP contribution in [0.1, 0.15) is 0 Å². The van der Waals surface area contributed by atoms with Crippen molar-refractivity contribution in [3.8, 4) is 0 Å². The third-order valence-corrected chi connectivity index (χ3v) is 0. The summed E-state index contributed by atoms with van der Waals surface area (Å²) in [6, 6.07) is 0. The van der Waals surface area contributed by atoms with Crippen molar-refractivity contribution in [1.82, 2.24) is 0 Å². The van der Waals surface area contributed by atoms with Crippen LogP contribution in [0, 0.1) is 12.8 Å². The van der Waals surface area contributed by atoms with Crippen molar-refractivity contribution in [1.29, 1.82) is 0 Å². The summed E-state index contributed by atoms with van der Waals surface area (Å²) in [7, 11) is 0. The van der Waals surface area contributed by atoms with Gasteiger partial charge in [-0.05, 0) is 0 Å². The summed E-state index contributed by atoms with van der Waals surface area (Å²) in [5, 5.41) is 0. The van der Waals surface area contributed by atoms with Crippen molar-refractivity contribution in [2.24, 2.45) is 0 Å². The minimum absolute atomic E-state index is 0. The summed E-state index contributed by atoms with van der Waals surface area (Å²) in [5.74, 6) is 0. The van der Waals surface area contributed by atoms with Crippen molar-refractivity contribution in [2.75, 3.05) is 0 Å². The van der Waals surface area contributed by atoms with Gasteiger partial charge < -0.3 is 23.2 Å². The van der Waals surface area contributed by atoms with E-state index in [1.807, 2.05) is 0 Å². The smallest absolute Gasteiger partial charge is 0.352 e. The molecule has 0 aromatic heterocycles. The Bertz CT molecular complexity index is 7.61. The van der Waals surface area contributed by atoms with Crippen molar-refractivity contribution in [3.63, 3.8) is 0 Å². The second kappa shape index (κ2) is 63.5. The van der Waals surface area contributed by atoms with E-state index in [-0.39, 0.29) is 19.5 Å². The molecule has 0 heterocycles. The first kappa shape index (κ1) is 16.4. The molecule has 0 aliphatic rings. The molecule has 0 nitrogen and oxygen atoms in total. The van der Waals surface area contributed by atoms with Crippen LogP contribution in [0.2, 0.25) is 0 Å². The van der Waals surface area contributed by atoms with Gasteiger partial charge in [-0.3, -0.25) is 12.8 Å². The van der Waals surface area contributed by atoms with Gasteiger partial charge in [-0.2, -0.15) is 0 Å². The molecule has 0 unspecified atom stereocenters. The third kappa shape index (κ3) is 36.9. The molecule has 0 saturated heterocycles. The molecule has 0 aliphatic carbocycles. The second-order valence-corrected chi connectivity index (χ2v) is 0. The zero-order chi connectivity index (χ0) is 4.00. The first-order chi connectivity index (χ1) is 2.00. The summed E-state index contributed by atoms with van der Waals surface area (Å²) < 4.78 is 0. The molecule has 5 heavy (non-hydrogen) atoms. The maximum absolute atomic E-state index is 4.39. The van der Waals surface area contributed by atoms with Crippen LogP contribution in [0.25, 0.3) is 0 Å². The van der Waals surface area contributed by atoms with Gasteiger partial charge in [-0.1, -0.05) is 0 Å². The Morgan fingerprint density at radius 1 is 0.800 bits per heavy atom. The molecule has 0 amide bonds. The molecule has 0 saturated carbocycles. The maximum Gasteiger partial charge on any atom is 2.00 e. The Kier molecular flexibility index (Phi) is 208. The van der Waals surface area contributed by atoms with Crippen LogP contribution in [0.5, 0.6) is 0 Å². The number of hydrogen-bond donors (Lipinski definition) is 0. The Hall–Kier alpha value is 1.20. The molecule has 0 radical (unpaired) electrons. The summed E-state index contributed by atoms with van der Waals surface area (Å²) in [5.41, 5.74) is 0. The Morgan fingerprint density at radius 2 is 0.800 bits per heavy atom. The van der Waals surface area contributed by atoms with Gasteiger partial charge in [-0.15, -0.1) is 0 Å². The van der Waals surface area contributed by atoms with E-state index in [1.54, 1.807) is 0 Å². The van der Waals surface area contributed by atoms with E-state index in [0.717, 1.165) is 0 Å². The summed E-state index contributed by atoms with van der Waals surface area (Å²) >= 11 is 8.78. The van der Waals surface area contributed by atoms with Gasteiger partial charge in [0.2, 0.25) is 0 Å². The van der Waals surface area contributed by atoms with E-state index in [2.05, 4.69) is 36.0 Å². The topological polar surface area (TPSA) is 0 Å². The molecule has 0 fully saturated rings. The molecular formula is C2H4Cl2Zn. The van der Waals surface area contributed by atoms with E-state index >= 15 is 0 Å². The minimum Gasteiger partial charge on any atom is -0.352 e. The van der Waals surface area contributed by atoms with E-state index in [0.29, 0.717) is 0 Å². The predicted molar refractivity (Wildman–Crippen MR) is 22.4 cm³/mol. The van der Waals surface area contributed by atoms with Gasteiger partial charge in [0.15, 0.2) is 0 Å². The van der Waals surface area contributed by atoms with Crippen LogP contribution in [0.4, 0.5) is 0 Å². The first-order valence-corrected chi connectivity index (χ1v) is 1.60. The van der Waals surface area contributed by atoms with Gasteiger partial charge in [0.1, 0.15) is 0 Å². The van der Waals surface area contributed by atoms with Crippen LogP contribution in [-0.2, 0) is 19.5 Å². The standard InChI is InChI=1S/2CH2Cl.Zn/c2*1-2;/h2*1H2;/q2*-1;+2. The number of rotatable bonds is 0. The predicted octanol–water partition coefficient (Wildman–Crippen LogP) is 2.03. The molecule has 0 bridgehead atoms. The molecule has 0 atom stereocenters. The average molecular weight is 164 g/mol. The fourth-order valence-corrected chi connectivity index (χ4v) is 0. The molecule has 0 aromatic carbocycles. The Labute approximate surface area is 55.6 Å². The maximum atomic E-state index is 4.39. The fraction of sp³-hybridized carbons (Fsp3) is 0. The van der Waals surface area contributed by atoms with Crippen molar-refractivity contribution in [2.45, 2.75) is 0 Å². The van der Waals surface area contributed by atoms with Gasteiger partial charge in [0, 0.05) is 0 Å². The van der Waals surface area contributed by atoms with E-state index in [1.165, 1.54) is 0 Å². The summed E-state index contributed by atoms with van der Waals surface area (Å²) in [6.45, 7) is 0. The van der Waals surface area contributed by atoms with Gasteiger partial charge >= 0.3 is 19.5 Å². The van der Waals surface area contributed by atoms with Gasteiger partial charge in [0.25, 0.3) is 0 Å². The Morgan fingerprint density at radius 3 is 0.800 bits per heavy atom. The van der Waals surface area contributed by atoms with Crippen molar-refractivity contribution >= 4 is 23.2 Å². The first-order valence-electron chi connectivity index (χ1n) is 0.535. The SMILES string of the molecule is [CH2-]Cl.[CH2-]Cl.[Zn+2]. The van der Waals surface area contributed by atoms with Crippen molar-refractivity contribution in [3.05, 3.63) is 12.8 Å². The Balaban J connectivity index is -0.0000000133. The molecule has 0 aromatic rings. The van der Waals surface area contributed by atoms with Crippen LogP contribution in [0.15, 0.2) is 0 Å². The normalized spacial score (nSPS) is 2.40. The zero-order valence-corrected chi connectivity index (χ0v) is 7.36. The monoisotopic (exact) mass is 162 g/mol. The fourth-order valence-electron chi connectivity index (χ4n) is 0. The average Bonchev–Trinajstić information content (AvgIpc) is 1.50. The largest absolute Gasteiger partial charge is 2.00 e. The molecular weight excluding hydrogens is 160 g/mol. The second-order valence-electron chi connectivity index (χ2n) is 0. The molecule has 0 spiro atoms. The van der Waals surface area contributed by atoms with Crippen LogP contribution >= 0.6 is 23.2 Å². The zero-order valence-electron chi connectivity index (χ0n) is 2.88. The quantitative estimate of drug-likeness (QED) is 0.380. The van der Waals surface area contributed by atoms with Crippen molar-refractivity contribution < 1.29 is 19.5 Å². The molecule has 0 rings (SSSR count). The van der Waals surface area contributed by atoms with Crippen LogP contribution < -0.4 is 0 Å². The molecule has 3 heteroatoms. The van der Waals surface area contributed by atoms with Crippen LogP contribution in [-0.4, -0.2) is 0 Å². The number of hydrogen-bond acceptors (Lipinski definition) is 0. The molecule has 0 aliphatic heterocycles. The van der Waals surface area contributed by atoms with E-state index in [9.17, 15) is 0 Å². The van der Waals surface area contributed by atoms with E-state index in [4.69, 9.17) is 0 Å². The van der Waals surface area contributed by atoms with Gasteiger partial charge in [0.05, 0.1) is 0 Å². The van der Waals surface area contributed by atoms with Crippen LogP contribution in [0.3, 0.4) is 0 Å². The molecule has 28 valence electrons. The number of halogens is 2. The minimum atomic E-state index is 0.